The van der Waals surface area contributed by atoms with E-state index in [1.165, 1.54) is 12.1 Å². The van der Waals surface area contributed by atoms with Gasteiger partial charge in [0.15, 0.2) is 0 Å². The van der Waals surface area contributed by atoms with E-state index in [2.05, 4.69) is 6.07 Å². The van der Waals surface area contributed by atoms with Gasteiger partial charge in [0.25, 0.3) is 0 Å². The minimum atomic E-state index is -4.44. The predicted octanol–water partition coefficient (Wildman–Crippen LogP) is 5.74. The van der Waals surface area contributed by atoms with Crippen LogP contribution in [0.4, 0.5) is 13.2 Å². The Labute approximate surface area is 138 Å². The highest BCUT2D eigenvalue weighted by molar-refractivity contribution is 5.62. The lowest BCUT2D eigenvalue weighted by Gasteiger charge is -2.24. The molecule has 126 valence electrons. The van der Waals surface area contributed by atoms with Crippen molar-refractivity contribution in [2.45, 2.75) is 33.1 Å². The van der Waals surface area contributed by atoms with E-state index < -0.39 is 12.3 Å². The van der Waals surface area contributed by atoms with Crippen LogP contribution in [0.1, 0.15) is 22.3 Å². The zero-order valence-corrected chi connectivity index (χ0v) is 13.6. The molecule has 1 atom stereocenters. The molecular weight excluding hydrogens is 317 g/mol. The van der Waals surface area contributed by atoms with Gasteiger partial charge in [0.05, 0.1) is 0 Å². The summed E-state index contributed by atoms with van der Waals surface area (Å²) in [7, 11) is 0. The van der Waals surface area contributed by atoms with Gasteiger partial charge in [0, 0.05) is 11.6 Å². The summed E-state index contributed by atoms with van der Waals surface area (Å²) in [4.78, 5) is 0. The average Bonchev–Trinajstić information content (AvgIpc) is 2.50. The zero-order valence-electron chi connectivity index (χ0n) is 13.6. The lowest BCUT2D eigenvalue weighted by Crippen LogP contribution is -2.33. The van der Waals surface area contributed by atoms with Crippen molar-refractivity contribution in [3.05, 3.63) is 58.7 Å². The van der Waals surface area contributed by atoms with Crippen LogP contribution in [0.2, 0.25) is 0 Å². The fourth-order valence-corrected chi connectivity index (χ4v) is 2.59. The fourth-order valence-electron chi connectivity index (χ4n) is 2.59. The van der Waals surface area contributed by atoms with E-state index in [1.807, 2.05) is 26.8 Å². The van der Waals surface area contributed by atoms with Gasteiger partial charge in [-0.1, -0.05) is 12.1 Å². The molecule has 0 aromatic heterocycles. The highest BCUT2D eigenvalue weighted by Crippen LogP contribution is 2.37. The topological polar surface area (TPSA) is 18.5 Å². The van der Waals surface area contributed by atoms with Crippen molar-refractivity contribution in [1.82, 2.24) is 0 Å². The summed E-state index contributed by atoms with van der Waals surface area (Å²) in [6.07, 6.45) is -3.93. The summed E-state index contributed by atoms with van der Waals surface area (Å²) in [5.74, 6) is 1.30. The molecule has 3 rings (SSSR count). The number of hydrogen-bond donors (Lipinski definition) is 0. The van der Waals surface area contributed by atoms with Crippen LogP contribution in [0, 0.1) is 20.8 Å². The molecular formula is C19H17F3O2. The second kappa shape index (κ2) is 5.89. The molecule has 5 heteroatoms. The molecule has 0 saturated heterocycles. The number of ether oxygens (including phenoxy) is 2. The van der Waals surface area contributed by atoms with Crippen LogP contribution < -0.4 is 9.47 Å². The van der Waals surface area contributed by atoms with Gasteiger partial charge in [0.1, 0.15) is 17.2 Å². The maximum atomic E-state index is 12.8. The second-order valence-corrected chi connectivity index (χ2v) is 5.95. The number of rotatable bonds is 2. The molecule has 0 saturated carbocycles. The molecule has 2 nitrogen and oxygen atoms in total. The van der Waals surface area contributed by atoms with E-state index in [0.29, 0.717) is 17.1 Å². The number of alkyl halides is 3. The van der Waals surface area contributed by atoms with Crippen LogP contribution in [0.5, 0.6) is 17.2 Å². The van der Waals surface area contributed by atoms with Crippen LogP contribution in [-0.2, 0) is 0 Å². The fraction of sp³-hybridized carbons (Fsp3) is 0.263. The van der Waals surface area contributed by atoms with Gasteiger partial charge in [-0.15, -0.1) is 0 Å². The minimum Gasteiger partial charge on any atom is -0.476 e. The van der Waals surface area contributed by atoms with Crippen molar-refractivity contribution >= 4 is 6.08 Å². The molecule has 2 aromatic carbocycles. The zero-order chi connectivity index (χ0) is 17.5. The number of hydrogen-bond acceptors (Lipinski definition) is 2. The number of fused-ring (bicyclic) bond motifs is 1. The second-order valence-electron chi connectivity index (χ2n) is 5.95. The molecule has 0 spiro atoms. The van der Waals surface area contributed by atoms with Crippen molar-refractivity contribution < 1.29 is 22.6 Å². The summed E-state index contributed by atoms with van der Waals surface area (Å²) in [6, 6.07) is 8.86. The lowest BCUT2D eigenvalue weighted by molar-refractivity contribution is -0.180. The largest absolute Gasteiger partial charge is 0.476 e. The SMILES string of the molecule is Cc1cc(C)c(C)c(Oc2ccc3c(c2)O[C@@H](C(F)(F)F)C=C3)c1. The highest BCUT2D eigenvalue weighted by atomic mass is 19.4. The molecule has 0 aliphatic carbocycles. The lowest BCUT2D eigenvalue weighted by atomic mass is 10.1. The summed E-state index contributed by atoms with van der Waals surface area (Å²) in [5.41, 5.74) is 3.74. The molecule has 0 fully saturated rings. The number of aryl methyl sites for hydroxylation is 2. The Morgan fingerprint density at radius 2 is 1.79 bits per heavy atom. The van der Waals surface area contributed by atoms with Gasteiger partial charge in [-0.2, -0.15) is 13.2 Å². The standard InChI is InChI=1S/C19H17F3O2/c1-11-8-12(2)13(3)16(9-11)23-15-6-4-14-5-7-18(19(20,21)22)24-17(14)10-15/h4-10,18H,1-3H3/t18-/m1/s1. The van der Waals surface area contributed by atoms with Crippen LogP contribution >= 0.6 is 0 Å². The molecule has 1 aliphatic heterocycles. The Kier molecular flexibility index (Phi) is 4.03. The van der Waals surface area contributed by atoms with Gasteiger partial charge in [-0.25, -0.2) is 0 Å². The van der Waals surface area contributed by atoms with E-state index in [-0.39, 0.29) is 5.75 Å². The third kappa shape index (κ3) is 3.25. The molecule has 1 heterocycles. The van der Waals surface area contributed by atoms with Gasteiger partial charge < -0.3 is 9.47 Å². The van der Waals surface area contributed by atoms with Crippen LogP contribution in [-0.4, -0.2) is 12.3 Å². The first kappa shape index (κ1) is 16.4. The van der Waals surface area contributed by atoms with Gasteiger partial charge in [0.2, 0.25) is 6.10 Å². The van der Waals surface area contributed by atoms with Gasteiger partial charge >= 0.3 is 6.18 Å². The van der Waals surface area contributed by atoms with Crippen LogP contribution in [0.25, 0.3) is 6.08 Å². The van der Waals surface area contributed by atoms with Crippen molar-refractivity contribution in [2.24, 2.45) is 0 Å². The molecule has 24 heavy (non-hydrogen) atoms. The molecule has 0 N–H and O–H groups in total. The maximum Gasteiger partial charge on any atom is 0.429 e. The molecule has 2 aromatic rings. The van der Waals surface area contributed by atoms with Crippen LogP contribution in [0.15, 0.2) is 36.4 Å². The van der Waals surface area contributed by atoms with Gasteiger partial charge in [-0.05, 0) is 61.7 Å². The van der Waals surface area contributed by atoms with Crippen molar-refractivity contribution in [2.75, 3.05) is 0 Å². The van der Waals surface area contributed by atoms with Crippen LogP contribution in [0.3, 0.4) is 0 Å². The highest BCUT2D eigenvalue weighted by Gasteiger charge is 2.41. The Morgan fingerprint density at radius 3 is 2.50 bits per heavy atom. The van der Waals surface area contributed by atoms with Crippen molar-refractivity contribution in [3.63, 3.8) is 0 Å². The van der Waals surface area contributed by atoms with Crippen molar-refractivity contribution in [1.29, 1.82) is 0 Å². The summed E-state index contributed by atoms with van der Waals surface area (Å²) < 4.78 is 49.4. The van der Waals surface area contributed by atoms with E-state index in [0.717, 1.165) is 22.8 Å². The molecule has 0 bridgehead atoms. The smallest absolute Gasteiger partial charge is 0.429 e. The van der Waals surface area contributed by atoms with E-state index >= 15 is 0 Å². The third-order valence-corrected chi connectivity index (χ3v) is 4.00. The van der Waals surface area contributed by atoms with Gasteiger partial charge in [-0.3, -0.25) is 0 Å². The Hall–Kier alpha value is -2.43. The first-order valence-corrected chi connectivity index (χ1v) is 7.55. The normalized spacial score (nSPS) is 16.5. The average molecular weight is 334 g/mol. The minimum absolute atomic E-state index is 0.166. The van der Waals surface area contributed by atoms with E-state index in [4.69, 9.17) is 9.47 Å². The Bertz CT molecular complexity index is 807. The quantitative estimate of drug-likeness (QED) is 0.697. The predicted molar refractivity (Wildman–Crippen MR) is 86.7 cm³/mol. The number of halogens is 3. The molecule has 0 amide bonds. The van der Waals surface area contributed by atoms with Crippen molar-refractivity contribution in [3.8, 4) is 17.2 Å². The first-order valence-electron chi connectivity index (χ1n) is 7.55. The third-order valence-electron chi connectivity index (χ3n) is 4.00. The monoisotopic (exact) mass is 334 g/mol. The first-order chi connectivity index (χ1) is 11.2. The summed E-state index contributed by atoms with van der Waals surface area (Å²) >= 11 is 0. The molecule has 0 unspecified atom stereocenters. The molecule has 0 radical (unpaired) electrons. The Balaban J connectivity index is 1.89. The van der Waals surface area contributed by atoms with E-state index in [9.17, 15) is 13.2 Å². The summed E-state index contributed by atoms with van der Waals surface area (Å²) in [6.45, 7) is 5.90. The van der Waals surface area contributed by atoms with E-state index in [1.54, 1.807) is 12.1 Å². The summed E-state index contributed by atoms with van der Waals surface area (Å²) in [5, 5.41) is 0. The number of benzene rings is 2. The Morgan fingerprint density at radius 1 is 1.04 bits per heavy atom. The molecule has 1 aliphatic rings. The maximum absolute atomic E-state index is 12.8.